The van der Waals surface area contributed by atoms with E-state index in [0.717, 1.165) is 18.6 Å². The highest BCUT2D eigenvalue weighted by atomic mass is 16.5. The molecule has 2 heterocycles. The second-order valence-electron chi connectivity index (χ2n) is 5.57. The predicted octanol–water partition coefficient (Wildman–Crippen LogP) is 2.57. The Hall–Kier alpha value is -2.47. The molecule has 0 bridgehead atoms. The van der Waals surface area contributed by atoms with Crippen molar-refractivity contribution in [3.63, 3.8) is 0 Å². The van der Waals surface area contributed by atoms with Gasteiger partial charge in [-0.1, -0.05) is 34.6 Å². The second kappa shape index (κ2) is 5.38. The van der Waals surface area contributed by atoms with Crippen LogP contribution in [-0.4, -0.2) is 15.3 Å². The molecule has 2 aromatic heterocycles. The van der Waals surface area contributed by atoms with Gasteiger partial charge in [0, 0.05) is 12.1 Å². The van der Waals surface area contributed by atoms with Gasteiger partial charge in [-0.2, -0.15) is 4.98 Å². The van der Waals surface area contributed by atoms with E-state index in [1.807, 2.05) is 12.1 Å². The molecule has 2 N–H and O–H groups in total. The molecule has 0 aliphatic heterocycles. The predicted molar refractivity (Wildman–Crippen MR) is 78.1 cm³/mol. The average Bonchev–Trinajstić information content (AvgIpc) is 3.21. The van der Waals surface area contributed by atoms with E-state index < -0.39 is 0 Å². The Balaban J connectivity index is 1.63. The Bertz CT molecular complexity index is 766. The minimum atomic E-state index is 0.0871. The quantitative estimate of drug-likeness (QED) is 0.798. The van der Waals surface area contributed by atoms with Gasteiger partial charge in [-0.3, -0.25) is 0 Å². The van der Waals surface area contributed by atoms with Crippen LogP contribution in [0.15, 0.2) is 45.6 Å². The zero-order valence-electron chi connectivity index (χ0n) is 12.0. The molecule has 6 nitrogen and oxygen atoms in total. The van der Waals surface area contributed by atoms with Crippen LogP contribution in [0.3, 0.4) is 0 Å². The fourth-order valence-corrected chi connectivity index (χ4v) is 3.05. The summed E-state index contributed by atoms with van der Waals surface area (Å²) in [5, 5.41) is 7.73. The largest absolute Gasteiger partial charge is 0.361 e. The van der Waals surface area contributed by atoms with E-state index >= 15 is 0 Å². The van der Waals surface area contributed by atoms with E-state index in [-0.39, 0.29) is 12.0 Å². The third kappa shape index (κ3) is 2.31. The standard InChI is InChI=1S/C16H16N4O2/c17-14-6-5-13(11-3-1-2-4-12(11)14)16-19-15(20-22-16)9-10-7-8-18-21-10/h1-4,7-8,13-14H,5-6,9,17H2. The van der Waals surface area contributed by atoms with Crippen molar-refractivity contribution < 1.29 is 9.05 Å². The van der Waals surface area contributed by atoms with Gasteiger partial charge in [0.25, 0.3) is 0 Å². The van der Waals surface area contributed by atoms with E-state index in [1.54, 1.807) is 12.3 Å². The van der Waals surface area contributed by atoms with Crippen molar-refractivity contribution >= 4 is 0 Å². The molecule has 0 saturated carbocycles. The molecule has 6 heteroatoms. The van der Waals surface area contributed by atoms with Crippen molar-refractivity contribution in [1.82, 2.24) is 15.3 Å². The zero-order valence-corrected chi connectivity index (χ0v) is 12.0. The first-order chi connectivity index (χ1) is 10.8. The van der Waals surface area contributed by atoms with Crippen LogP contribution in [-0.2, 0) is 6.42 Å². The highest BCUT2D eigenvalue weighted by molar-refractivity contribution is 5.37. The summed E-state index contributed by atoms with van der Waals surface area (Å²) in [6, 6.07) is 10.1. The number of rotatable bonds is 3. The number of hydrogen-bond acceptors (Lipinski definition) is 6. The van der Waals surface area contributed by atoms with E-state index in [9.17, 15) is 0 Å². The number of fused-ring (bicyclic) bond motifs is 1. The maximum atomic E-state index is 6.20. The van der Waals surface area contributed by atoms with Gasteiger partial charge < -0.3 is 14.8 Å². The first-order valence-corrected chi connectivity index (χ1v) is 7.37. The van der Waals surface area contributed by atoms with E-state index in [2.05, 4.69) is 27.4 Å². The SMILES string of the molecule is NC1CCC(c2nc(Cc3ccno3)no2)c2ccccc21. The number of aromatic nitrogens is 3. The van der Waals surface area contributed by atoms with Crippen molar-refractivity contribution in [2.75, 3.05) is 0 Å². The Morgan fingerprint density at radius 2 is 1.95 bits per heavy atom. The van der Waals surface area contributed by atoms with Gasteiger partial charge in [0.05, 0.1) is 18.5 Å². The zero-order chi connectivity index (χ0) is 14.9. The monoisotopic (exact) mass is 296 g/mol. The Labute approximate surface area is 127 Å². The lowest BCUT2D eigenvalue weighted by Crippen LogP contribution is -2.21. The molecule has 112 valence electrons. The summed E-state index contributed by atoms with van der Waals surface area (Å²) in [6.07, 6.45) is 3.93. The molecule has 3 aromatic rings. The van der Waals surface area contributed by atoms with Gasteiger partial charge in [-0.05, 0) is 24.0 Å². The van der Waals surface area contributed by atoms with Gasteiger partial charge in [-0.15, -0.1) is 0 Å². The van der Waals surface area contributed by atoms with Crippen molar-refractivity contribution in [3.8, 4) is 0 Å². The van der Waals surface area contributed by atoms with E-state index in [0.29, 0.717) is 18.1 Å². The average molecular weight is 296 g/mol. The molecule has 4 rings (SSSR count). The van der Waals surface area contributed by atoms with Crippen molar-refractivity contribution in [2.24, 2.45) is 5.73 Å². The van der Waals surface area contributed by atoms with Crippen LogP contribution in [0.25, 0.3) is 0 Å². The number of nitrogens with two attached hydrogens (primary N) is 1. The number of benzene rings is 1. The maximum absolute atomic E-state index is 6.20. The molecule has 22 heavy (non-hydrogen) atoms. The molecule has 0 spiro atoms. The summed E-state index contributed by atoms with van der Waals surface area (Å²) in [5.41, 5.74) is 8.56. The molecule has 2 unspecified atom stereocenters. The Kier molecular flexibility index (Phi) is 3.23. The number of nitrogens with zero attached hydrogens (tertiary/aromatic N) is 3. The summed E-state index contributed by atoms with van der Waals surface area (Å²) >= 11 is 0. The van der Waals surface area contributed by atoms with Crippen LogP contribution in [0.2, 0.25) is 0 Å². The van der Waals surface area contributed by atoms with Crippen LogP contribution in [0.5, 0.6) is 0 Å². The van der Waals surface area contributed by atoms with Crippen LogP contribution in [0, 0.1) is 0 Å². The third-order valence-corrected chi connectivity index (χ3v) is 4.14. The smallest absolute Gasteiger partial charge is 0.234 e. The van der Waals surface area contributed by atoms with Crippen molar-refractivity contribution in [1.29, 1.82) is 0 Å². The molecular weight excluding hydrogens is 280 g/mol. The molecule has 0 saturated heterocycles. The van der Waals surface area contributed by atoms with Crippen LogP contribution >= 0.6 is 0 Å². The number of hydrogen-bond donors (Lipinski definition) is 1. The molecule has 1 aromatic carbocycles. The van der Waals surface area contributed by atoms with Crippen molar-refractivity contribution in [3.05, 3.63) is 65.1 Å². The molecule has 1 aliphatic carbocycles. The highest BCUT2D eigenvalue weighted by Crippen LogP contribution is 2.39. The lowest BCUT2D eigenvalue weighted by atomic mass is 9.80. The second-order valence-corrected chi connectivity index (χ2v) is 5.57. The lowest BCUT2D eigenvalue weighted by Gasteiger charge is -2.27. The summed E-state index contributed by atoms with van der Waals surface area (Å²) in [6.45, 7) is 0. The maximum Gasteiger partial charge on any atom is 0.234 e. The summed E-state index contributed by atoms with van der Waals surface area (Å²) in [5.74, 6) is 2.10. The van der Waals surface area contributed by atoms with Gasteiger partial charge in [-0.25, -0.2) is 0 Å². The summed E-state index contributed by atoms with van der Waals surface area (Å²) in [4.78, 5) is 4.53. The van der Waals surface area contributed by atoms with Crippen LogP contribution in [0.1, 0.15) is 53.4 Å². The summed E-state index contributed by atoms with van der Waals surface area (Å²) in [7, 11) is 0. The Morgan fingerprint density at radius 1 is 1.09 bits per heavy atom. The normalized spacial score (nSPS) is 20.8. The van der Waals surface area contributed by atoms with Gasteiger partial charge in [0.15, 0.2) is 5.82 Å². The third-order valence-electron chi connectivity index (χ3n) is 4.14. The highest BCUT2D eigenvalue weighted by Gasteiger charge is 2.29. The molecule has 1 aliphatic rings. The van der Waals surface area contributed by atoms with Crippen LogP contribution in [0.4, 0.5) is 0 Å². The molecule has 0 radical (unpaired) electrons. The molecule has 2 atom stereocenters. The van der Waals surface area contributed by atoms with E-state index in [1.165, 1.54) is 11.1 Å². The minimum Gasteiger partial charge on any atom is -0.361 e. The molecular formula is C16H16N4O2. The van der Waals surface area contributed by atoms with Gasteiger partial charge >= 0.3 is 0 Å². The Morgan fingerprint density at radius 3 is 2.77 bits per heavy atom. The summed E-state index contributed by atoms with van der Waals surface area (Å²) < 4.78 is 10.6. The van der Waals surface area contributed by atoms with Crippen molar-refractivity contribution in [2.45, 2.75) is 31.2 Å². The fourth-order valence-electron chi connectivity index (χ4n) is 3.05. The van der Waals surface area contributed by atoms with Gasteiger partial charge in [0.1, 0.15) is 5.76 Å². The minimum absolute atomic E-state index is 0.0871. The van der Waals surface area contributed by atoms with Crippen LogP contribution < -0.4 is 5.73 Å². The lowest BCUT2D eigenvalue weighted by molar-refractivity contribution is 0.343. The first-order valence-electron chi connectivity index (χ1n) is 7.37. The molecule has 0 fully saturated rings. The van der Waals surface area contributed by atoms with E-state index in [4.69, 9.17) is 14.8 Å². The fraction of sp³-hybridized carbons (Fsp3) is 0.312. The molecule has 0 amide bonds. The topological polar surface area (TPSA) is 91.0 Å². The van der Waals surface area contributed by atoms with Gasteiger partial charge in [0.2, 0.25) is 5.89 Å². The first kappa shape index (κ1) is 13.2.